The average molecular weight is 390 g/mol. The molecule has 3 aromatic rings. The first-order chi connectivity index (χ1) is 12.6. The third-order valence-electron chi connectivity index (χ3n) is 4.62. The number of nitrogens with zero attached hydrogens (tertiary/aromatic N) is 5. The van der Waals surface area contributed by atoms with Crippen LogP contribution in [0.15, 0.2) is 30.7 Å². The monoisotopic (exact) mass is 389 g/mol. The van der Waals surface area contributed by atoms with Gasteiger partial charge < -0.3 is 16.4 Å². The van der Waals surface area contributed by atoms with Crippen molar-refractivity contribution in [2.24, 2.45) is 0 Å². The van der Waals surface area contributed by atoms with Crippen molar-refractivity contribution in [2.75, 3.05) is 25.5 Å². The van der Waals surface area contributed by atoms with Gasteiger partial charge in [0.25, 0.3) is 0 Å². The van der Waals surface area contributed by atoms with Crippen molar-refractivity contribution in [1.29, 1.82) is 0 Å². The zero-order valence-corrected chi connectivity index (χ0v) is 15.7. The predicted molar refractivity (Wildman–Crippen MR) is 105 cm³/mol. The molecule has 0 unspecified atom stereocenters. The van der Waals surface area contributed by atoms with E-state index in [4.69, 9.17) is 11.6 Å². The molecule has 142 valence electrons. The number of nitrogens with one attached hydrogen (secondary N) is 1. The molecule has 1 aliphatic heterocycles. The normalized spacial score (nSPS) is 15.5. The minimum absolute atomic E-state index is 0. The molecular formula is C18H21ClFN7. The number of benzene rings is 1. The van der Waals surface area contributed by atoms with Crippen molar-refractivity contribution >= 4 is 28.6 Å². The van der Waals surface area contributed by atoms with Gasteiger partial charge in [-0.3, -0.25) is 0 Å². The second kappa shape index (κ2) is 8.08. The number of fused-ring (bicyclic) bond motifs is 1. The minimum atomic E-state index is -0.465. The van der Waals surface area contributed by atoms with Crippen molar-refractivity contribution in [3.63, 3.8) is 0 Å². The fourth-order valence-corrected chi connectivity index (χ4v) is 3.29. The summed E-state index contributed by atoms with van der Waals surface area (Å²) in [4.78, 5) is 19.9. The maximum Gasteiger partial charge on any atom is 0.223 e. The van der Waals surface area contributed by atoms with E-state index in [-0.39, 0.29) is 11.2 Å². The van der Waals surface area contributed by atoms with Crippen LogP contribution in [0, 0.1) is 5.82 Å². The van der Waals surface area contributed by atoms with Gasteiger partial charge in [-0.25, -0.2) is 24.3 Å². The highest BCUT2D eigenvalue weighted by molar-refractivity contribution is 6.31. The maximum absolute atomic E-state index is 13.5. The molecule has 0 atom stereocenters. The third-order valence-corrected chi connectivity index (χ3v) is 4.91. The first kappa shape index (κ1) is 19.3. The van der Waals surface area contributed by atoms with Gasteiger partial charge in [0.1, 0.15) is 28.9 Å². The number of piperidine rings is 1. The van der Waals surface area contributed by atoms with Crippen molar-refractivity contribution in [3.05, 3.63) is 41.6 Å². The quantitative estimate of drug-likeness (QED) is 0.706. The highest BCUT2D eigenvalue weighted by Gasteiger charge is 2.18. The summed E-state index contributed by atoms with van der Waals surface area (Å²) in [5.41, 5.74) is 2.53. The lowest BCUT2D eigenvalue weighted by atomic mass is 10.1. The molecule has 2 aromatic heterocycles. The van der Waals surface area contributed by atoms with Crippen molar-refractivity contribution in [3.8, 4) is 11.3 Å². The van der Waals surface area contributed by atoms with Gasteiger partial charge in [-0.1, -0.05) is 11.6 Å². The molecule has 0 radical (unpaired) electrons. The van der Waals surface area contributed by atoms with E-state index in [1.54, 1.807) is 18.3 Å². The van der Waals surface area contributed by atoms with E-state index in [1.807, 2.05) is 0 Å². The molecular weight excluding hydrogens is 369 g/mol. The zero-order chi connectivity index (χ0) is 18.1. The summed E-state index contributed by atoms with van der Waals surface area (Å²) in [5, 5.41) is 3.45. The first-order valence-electron chi connectivity index (χ1n) is 8.48. The van der Waals surface area contributed by atoms with Crippen molar-refractivity contribution in [2.45, 2.75) is 18.9 Å². The first-order valence-corrected chi connectivity index (χ1v) is 8.86. The summed E-state index contributed by atoms with van der Waals surface area (Å²) in [6.07, 6.45) is 5.21. The molecule has 0 amide bonds. The Labute approximate surface area is 161 Å². The summed E-state index contributed by atoms with van der Waals surface area (Å²) in [5.74, 6) is 0.0874. The van der Waals surface area contributed by atoms with Gasteiger partial charge >= 0.3 is 0 Å². The Balaban J connectivity index is 0.00000210. The van der Waals surface area contributed by atoms with Gasteiger partial charge in [-0.05, 0) is 51.2 Å². The lowest BCUT2D eigenvalue weighted by molar-refractivity contribution is 0.263. The van der Waals surface area contributed by atoms with Crippen LogP contribution in [0.2, 0.25) is 5.02 Å². The Morgan fingerprint density at radius 2 is 1.96 bits per heavy atom. The van der Waals surface area contributed by atoms with E-state index in [0.717, 1.165) is 25.9 Å². The molecule has 9 heteroatoms. The third kappa shape index (κ3) is 4.13. The Kier molecular flexibility index (Phi) is 5.79. The van der Waals surface area contributed by atoms with Gasteiger partial charge in [-0.2, -0.15) is 0 Å². The fraction of sp³-hybridized carbons (Fsp3) is 0.333. The zero-order valence-electron chi connectivity index (χ0n) is 15.0. The van der Waals surface area contributed by atoms with E-state index >= 15 is 0 Å². The van der Waals surface area contributed by atoms with Gasteiger partial charge in [-0.15, -0.1) is 0 Å². The molecule has 3 heterocycles. The van der Waals surface area contributed by atoms with E-state index in [2.05, 4.69) is 37.2 Å². The smallest absolute Gasteiger partial charge is 0.223 e. The Morgan fingerprint density at radius 3 is 2.70 bits per heavy atom. The lowest BCUT2D eigenvalue weighted by Crippen LogP contribution is -2.37. The molecule has 0 saturated carbocycles. The van der Waals surface area contributed by atoms with Crippen molar-refractivity contribution < 1.29 is 4.39 Å². The van der Waals surface area contributed by atoms with Crippen LogP contribution < -0.4 is 11.5 Å². The van der Waals surface area contributed by atoms with E-state index in [9.17, 15) is 4.39 Å². The molecule has 4 N–H and O–H groups in total. The van der Waals surface area contributed by atoms with E-state index in [0.29, 0.717) is 34.3 Å². The van der Waals surface area contributed by atoms with Crippen LogP contribution in [-0.2, 0) is 0 Å². The van der Waals surface area contributed by atoms with Crippen LogP contribution >= 0.6 is 11.6 Å². The van der Waals surface area contributed by atoms with Gasteiger partial charge in [0.15, 0.2) is 0 Å². The topological polar surface area (TPSA) is 102 Å². The molecule has 0 spiro atoms. The van der Waals surface area contributed by atoms with Crippen LogP contribution in [0.1, 0.15) is 12.8 Å². The summed E-state index contributed by atoms with van der Waals surface area (Å²) >= 11 is 5.92. The van der Waals surface area contributed by atoms with Crippen LogP contribution in [0.3, 0.4) is 0 Å². The SMILES string of the molecule is CN1CCC(Nc2ncc3ncnc(-c4ccc(F)c(Cl)c4)c3n2)CC1.N. The summed E-state index contributed by atoms with van der Waals surface area (Å²) < 4.78 is 13.5. The fourth-order valence-electron chi connectivity index (χ4n) is 3.11. The molecule has 1 aliphatic rings. The second-order valence-electron chi connectivity index (χ2n) is 6.50. The number of hydrogen-bond donors (Lipinski definition) is 2. The number of anilines is 1. The van der Waals surface area contributed by atoms with Crippen LogP contribution in [0.4, 0.5) is 10.3 Å². The van der Waals surface area contributed by atoms with E-state index < -0.39 is 5.82 Å². The molecule has 0 bridgehead atoms. The Bertz CT molecular complexity index is 944. The van der Waals surface area contributed by atoms with Crippen molar-refractivity contribution in [1.82, 2.24) is 31.0 Å². The standard InChI is InChI=1S/C18H18ClFN6.H3N/c1-26-6-4-12(5-7-26)24-18-21-9-15-17(25-18)16(23-10-22-15)11-2-3-14(20)13(19)8-11;/h2-3,8-10,12H,4-7H2,1H3,(H,21,24,25);1H3. The van der Waals surface area contributed by atoms with Crippen LogP contribution in [-0.4, -0.2) is 51.0 Å². The number of halogens is 2. The molecule has 27 heavy (non-hydrogen) atoms. The number of likely N-dealkylation sites (tertiary alicyclic amines) is 1. The molecule has 1 aromatic carbocycles. The highest BCUT2D eigenvalue weighted by atomic mass is 35.5. The molecule has 4 rings (SSSR count). The maximum atomic E-state index is 13.5. The van der Waals surface area contributed by atoms with E-state index in [1.165, 1.54) is 12.4 Å². The molecule has 1 saturated heterocycles. The largest absolute Gasteiger partial charge is 0.351 e. The molecule has 0 aliphatic carbocycles. The Hall–Kier alpha value is -2.42. The van der Waals surface area contributed by atoms with Crippen LogP contribution in [0.25, 0.3) is 22.3 Å². The molecule has 7 nitrogen and oxygen atoms in total. The van der Waals surface area contributed by atoms with Gasteiger partial charge in [0.05, 0.1) is 11.2 Å². The second-order valence-corrected chi connectivity index (χ2v) is 6.91. The summed E-state index contributed by atoms with van der Waals surface area (Å²) in [7, 11) is 2.13. The average Bonchev–Trinajstić information content (AvgIpc) is 2.65. The Morgan fingerprint density at radius 1 is 1.19 bits per heavy atom. The summed E-state index contributed by atoms with van der Waals surface area (Å²) in [6, 6.07) is 4.85. The summed E-state index contributed by atoms with van der Waals surface area (Å²) in [6.45, 7) is 2.10. The van der Waals surface area contributed by atoms with Crippen LogP contribution in [0.5, 0.6) is 0 Å². The lowest BCUT2D eigenvalue weighted by Gasteiger charge is -2.29. The number of hydrogen-bond acceptors (Lipinski definition) is 7. The predicted octanol–water partition coefficient (Wildman–Crippen LogP) is 3.55. The number of rotatable bonds is 3. The minimum Gasteiger partial charge on any atom is -0.351 e. The van der Waals surface area contributed by atoms with Gasteiger partial charge in [0, 0.05) is 11.6 Å². The number of aromatic nitrogens is 4. The van der Waals surface area contributed by atoms with Gasteiger partial charge in [0.2, 0.25) is 5.95 Å². The highest BCUT2D eigenvalue weighted by Crippen LogP contribution is 2.28. The molecule has 1 fully saturated rings.